The summed E-state index contributed by atoms with van der Waals surface area (Å²) in [5, 5.41) is 0. The van der Waals surface area contributed by atoms with Crippen LogP contribution < -0.4 is 10.5 Å². The van der Waals surface area contributed by atoms with E-state index >= 15 is 0 Å². The maximum absolute atomic E-state index is 5.69. The van der Waals surface area contributed by atoms with Gasteiger partial charge in [0.2, 0.25) is 5.89 Å². The fourth-order valence-corrected chi connectivity index (χ4v) is 1.38. The van der Waals surface area contributed by atoms with Crippen LogP contribution in [-0.4, -0.2) is 11.6 Å². The van der Waals surface area contributed by atoms with Gasteiger partial charge in [-0.15, -0.1) is 0 Å². The van der Waals surface area contributed by atoms with Gasteiger partial charge in [0.25, 0.3) is 0 Å². The third-order valence-electron chi connectivity index (χ3n) is 2.08. The van der Waals surface area contributed by atoms with Crippen molar-refractivity contribution in [2.75, 3.05) is 6.61 Å². The molecule has 0 saturated heterocycles. The number of nitrogens with two attached hydrogens (primary N) is 1. The topological polar surface area (TPSA) is 61.3 Å². The molecule has 0 bridgehead atoms. The van der Waals surface area contributed by atoms with Crippen LogP contribution in [0.5, 0.6) is 5.75 Å². The van der Waals surface area contributed by atoms with Gasteiger partial charge in [0, 0.05) is 6.07 Å². The van der Waals surface area contributed by atoms with Gasteiger partial charge in [0.05, 0.1) is 12.6 Å². The highest BCUT2D eigenvalue weighted by Crippen LogP contribution is 2.23. The van der Waals surface area contributed by atoms with Gasteiger partial charge in [-0.05, 0) is 26.0 Å². The lowest BCUT2D eigenvalue weighted by Crippen LogP contribution is -2.04. The monoisotopic (exact) mass is 206 g/mol. The SMILES string of the molecule is CCOc1ccc2oc(C(C)N)nc2c1. The number of ether oxygens (including phenoxy) is 1. The lowest BCUT2D eigenvalue weighted by Gasteiger charge is -2.00. The largest absolute Gasteiger partial charge is 0.494 e. The molecule has 15 heavy (non-hydrogen) atoms. The Labute approximate surface area is 88.0 Å². The van der Waals surface area contributed by atoms with Crippen molar-refractivity contribution >= 4 is 11.1 Å². The summed E-state index contributed by atoms with van der Waals surface area (Å²) in [6, 6.07) is 5.38. The number of rotatable bonds is 3. The van der Waals surface area contributed by atoms with Crippen LogP contribution in [0.4, 0.5) is 0 Å². The summed E-state index contributed by atoms with van der Waals surface area (Å²) in [5.74, 6) is 1.35. The minimum absolute atomic E-state index is 0.187. The van der Waals surface area contributed by atoms with Gasteiger partial charge in [-0.1, -0.05) is 0 Å². The van der Waals surface area contributed by atoms with Crippen molar-refractivity contribution in [3.8, 4) is 5.75 Å². The van der Waals surface area contributed by atoms with E-state index in [1.807, 2.05) is 32.0 Å². The predicted octanol–water partition coefficient (Wildman–Crippen LogP) is 2.25. The van der Waals surface area contributed by atoms with E-state index in [0.29, 0.717) is 12.5 Å². The summed E-state index contributed by atoms with van der Waals surface area (Å²) in [6.07, 6.45) is 0. The van der Waals surface area contributed by atoms with E-state index in [2.05, 4.69) is 4.98 Å². The molecule has 2 rings (SSSR count). The Bertz CT molecular complexity index is 463. The van der Waals surface area contributed by atoms with Crippen molar-refractivity contribution in [2.24, 2.45) is 5.73 Å². The second-order valence-electron chi connectivity index (χ2n) is 3.40. The molecule has 0 saturated carbocycles. The molecule has 1 atom stereocenters. The van der Waals surface area contributed by atoms with Crippen LogP contribution in [0.2, 0.25) is 0 Å². The highest BCUT2D eigenvalue weighted by atomic mass is 16.5. The molecule has 1 aromatic carbocycles. The first-order chi connectivity index (χ1) is 7.20. The van der Waals surface area contributed by atoms with E-state index in [1.54, 1.807) is 0 Å². The van der Waals surface area contributed by atoms with Crippen molar-refractivity contribution in [3.63, 3.8) is 0 Å². The highest BCUT2D eigenvalue weighted by Gasteiger charge is 2.09. The van der Waals surface area contributed by atoms with Crippen molar-refractivity contribution in [1.82, 2.24) is 4.98 Å². The van der Waals surface area contributed by atoms with Gasteiger partial charge in [0.1, 0.15) is 11.3 Å². The summed E-state index contributed by atoms with van der Waals surface area (Å²) in [4.78, 5) is 4.28. The maximum Gasteiger partial charge on any atom is 0.212 e. The number of nitrogens with zero attached hydrogens (tertiary/aromatic N) is 1. The molecule has 1 aromatic heterocycles. The standard InChI is InChI=1S/C11H14N2O2/c1-3-14-8-4-5-10-9(6-8)13-11(15-10)7(2)12/h4-7H,3,12H2,1-2H3. The lowest BCUT2D eigenvalue weighted by molar-refractivity contribution is 0.340. The second kappa shape index (κ2) is 3.90. The minimum Gasteiger partial charge on any atom is -0.494 e. The van der Waals surface area contributed by atoms with Crippen LogP contribution in [0.15, 0.2) is 22.6 Å². The zero-order chi connectivity index (χ0) is 10.8. The normalized spacial score (nSPS) is 13.0. The van der Waals surface area contributed by atoms with Crippen LogP contribution in [0, 0.1) is 0 Å². The fraction of sp³-hybridized carbons (Fsp3) is 0.364. The molecule has 0 aliphatic heterocycles. The van der Waals surface area contributed by atoms with E-state index in [0.717, 1.165) is 16.8 Å². The Morgan fingerprint density at radius 1 is 1.53 bits per heavy atom. The Balaban J connectivity index is 2.43. The zero-order valence-corrected chi connectivity index (χ0v) is 8.86. The van der Waals surface area contributed by atoms with Gasteiger partial charge in [-0.25, -0.2) is 4.98 Å². The molecule has 0 spiro atoms. The number of benzene rings is 1. The van der Waals surface area contributed by atoms with Crippen LogP contribution in [0.25, 0.3) is 11.1 Å². The zero-order valence-electron chi connectivity index (χ0n) is 8.86. The summed E-state index contributed by atoms with van der Waals surface area (Å²) in [7, 11) is 0. The third kappa shape index (κ3) is 1.94. The molecule has 1 heterocycles. The number of oxazole rings is 1. The first-order valence-corrected chi connectivity index (χ1v) is 4.99. The van der Waals surface area contributed by atoms with E-state index in [9.17, 15) is 0 Å². The molecule has 2 aromatic rings. The first kappa shape index (κ1) is 9.98. The quantitative estimate of drug-likeness (QED) is 0.836. The van der Waals surface area contributed by atoms with Crippen LogP contribution in [0.3, 0.4) is 0 Å². The molecule has 1 unspecified atom stereocenters. The Hall–Kier alpha value is -1.55. The maximum atomic E-state index is 5.69. The molecular weight excluding hydrogens is 192 g/mol. The average Bonchev–Trinajstić information content (AvgIpc) is 2.61. The first-order valence-electron chi connectivity index (χ1n) is 4.99. The Morgan fingerprint density at radius 3 is 3.00 bits per heavy atom. The average molecular weight is 206 g/mol. The molecule has 0 fully saturated rings. The van der Waals surface area contributed by atoms with Crippen molar-refractivity contribution < 1.29 is 9.15 Å². The van der Waals surface area contributed by atoms with Crippen LogP contribution in [-0.2, 0) is 0 Å². The van der Waals surface area contributed by atoms with Crippen LogP contribution >= 0.6 is 0 Å². The number of fused-ring (bicyclic) bond motifs is 1. The molecule has 0 amide bonds. The molecule has 4 heteroatoms. The Morgan fingerprint density at radius 2 is 2.33 bits per heavy atom. The van der Waals surface area contributed by atoms with Crippen molar-refractivity contribution in [1.29, 1.82) is 0 Å². The van der Waals surface area contributed by atoms with E-state index in [1.165, 1.54) is 0 Å². The molecule has 0 radical (unpaired) electrons. The molecule has 80 valence electrons. The van der Waals surface area contributed by atoms with Gasteiger partial charge >= 0.3 is 0 Å². The van der Waals surface area contributed by atoms with Gasteiger partial charge in [-0.2, -0.15) is 0 Å². The van der Waals surface area contributed by atoms with Gasteiger partial charge in [-0.3, -0.25) is 0 Å². The predicted molar refractivity (Wildman–Crippen MR) is 57.8 cm³/mol. The summed E-state index contributed by atoms with van der Waals surface area (Å²) < 4.78 is 10.8. The summed E-state index contributed by atoms with van der Waals surface area (Å²) >= 11 is 0. The van der Waals surface area contributed by atoms with E-state index in [4.69, 9.17) is 14.9 Å². The van der Waals surface area contributed by atoms with Gasteiger partial charge < -0.3 is 14.9 Å². The smallest absolute Gasteiger partial charge is 0.212 e. The fourth-order valence-electron chi connectivity index (χ4n) is 1.38. The summed E-state index contributed by atoms with van der Waals surface area (Å²) in [5.41, 5.74) is 7.21. The molecule has 2 N–H and O–H groups in total. The van der Waals surface area contributed by atoms with Crippen LogP contribution in [0.1, 0.15) is 25.8 Å². The minimum atomic E-state index is -0.187. The van der Waals surface area contributed by atoms with E-state index < -0.39 is 0 Å². The van der Waals surface area contributed by atoms with E-state index in [-0.39, 0.29) is 6.04 Å². The molecule has 0 aliphatic carbocycles. The lowest BCUT2D eigenvalue weighted by atomic mass is 10.3. The number of hydrogen-bond donors (Lipinski definition) is 1. The number of aromatic nitrogens is 1. The third-order valence-corrected chi connectivity index (χ3v) is 2.08. The summed E-state index contributed by atoms with van der Waals surface area (Å²) in [6.45, 7) is 4.43. The highest BCUT2D eigenvalue weighted by molar-refractivity contribution is 5.74. The Kier molecular flexibility index (Phi) is 2.60. The molecule has 4 nitrogen and oxygen atoms in total. The van der Waals surface area contributed by atoms with Crippen molar-refractivity contribution in [3.05, 3.63) is 24.1 Å². The molecular formula is C11H14N2O2. The van der Waals surface area contributed by atoms with Gasteiger partial charge in [0.15, 0.2) is 5.58 Å². The number of hydrogen-bond acceptors (Lipinski definition) is 4. The van der Waals surface area contributed by atoms with Crippen molar-refractivity contribution in [2.45, 2.75) is 19.9 Å². The molecule has 0 aliphatic rings. The second-order valence-corrected chi connectivity index (χ2v) is 3.40.